The Hall–Kier alpha value is -15.2. The highest BCUT2D eigenvalue weighted by molar-refractivity contribution is 5.73. The molecule has 10 N–H and O–H groups in total. The Bertz CT molecular complexity index is 6450. The summed E-state index contributed by atoms with van der Waals surface area (Å²) in [6.07, 6.45) is 36.9. The Balaban J connectivity index is 0.000000118. The molecule has 12 aromatic heterocycles. The van der Waals surface area contributed by atoms with Gasteiger partial charge in [-0.15, -0.1) is 0 Å². The first kappa shape index (κ1) is 86.6. The van der Waals surface area contributed by atoms with Crippen LogP contribution in [-0.4, -0.2) is 214 Å². The van der Waals surface area contributed by atoms with Crippen LogP contribution >= 0.6 is 0 Å². The number of rotatable bonds is 26. The van der Waals surface area contributed by atoms with E-state index in [4.69, 9.17) is 60.7 Å². The second-order valence-electron chi connectivity index (χ2n) is 33.9. The van der Waals surface area contributed by atoms with E-state index in [9.17, 15) is 4.79 Å². The van der Waals surface area contributed by atoms with Crippen molar-refractivity contribution in [1.29, 1.82) is 0 Å². The number of nitrogens with one attached hydrogen (secondary N) is 2. The molecule has 38 nitrogen and oxygen atoms in total. The van der Waals surface area contributed by atoms with E-state index in [-0.39, 0.29) is 57.4 Å². The number of methoxy groups -OCH3 is 1. The topological polar surface area (TPSA) is 501 Å². The summed E-state index contributed by atoms with van der Waals surface area (Å²) < 4.78 is 31.4. The number of nitrogens with two attached hydrogens (primary N) is 4. The van der Waals surface area contributed by atoms with Gasteiger partial charge in [0.05, 0.1) is 64.4 Å². The molecular formula is C93H100N32O6. The van der Waals surface area contributed by atoms with Crippen molar-refractivity contribution in [3.63, 3.8) is 0 Å². The predicted molar refractivity (Wildman–Crippen MR) is 487 cm³/mol. The second-order valence-corrected chi connectivity index (χ2v) is 33.9. The molecule has 38 heteroatoms. The Labute approximate surface area is 753 Å². The summed E-state index contributed by atoms with van der Waals surface area (Å²) in [6, 6.07) is 37.6. The second kappa shape index (κ2) is 38.0. The molecule has 1 amide bonds. The minimum absolute atomic E-state index is 0.147. The number of aromatic amines is 1. The van der Waals surface area contributed by atoms with Gasteiger partial charge < -0.3 is 60.9 Å². The van der Waals surface area contributed by atoms with E-state index < -0.39 is 0 Å². The minimum Gasteiger partial charge on any atom is -0.383 e. The maximum absolute atomic E-state index is 11.5. The Morgan fingerprint density at radius 1 is 0.458 bits per heavy atom. The van der Waals surface area contributed by atoms with Crippen LogP contribution in [-0.2, 0) is 37.7 Å². The van der Waals surface area contributed by atoms with Crippen LogP contribution in [0, 0.1) is 0 Å². The number of carbonyl (C=O) groups is 1. The van der Waals surface area contributed by atoms with Gasteiger partial charge in [-0.25, -0.2) is 49.8 Å². The van der Waals surface area contributed by atoms with Gasteiger partial charge in [0.25, 0.3) is 23.6 Å². The van der Waals surface area contributed by atoms with Crippen molar-refractivity contribution in [1.82, 2.24) is 135 Å². The average molecular weight is 1760 g/mol. The van der Waals surface area contributed by atoms with E-state index >= 15 is 0 Å². The number of hydrogen-bond donors (Lipinski definition) is 6. The zero-order valence-electron chi connectivity index (χ0n) is 73.3. The van der Waals surface area contributed by atoms with Crippen molar-refractivity contribution in [3.8, 4) is 90.6 Å². The highest BCUT2D eigenvalue weighted by Gasteiger charge is 2.48. The predicted octanol–water partition coefficient (Wildman–Crippen LogP) is 12.2. The fourth-order valence-electron chi connectivity index (χ4n) is 17.4. The van der Waals surface area contributed by atoms with Crippen LogP contribution in [0.25, 0.3) is 90.6 Å². The van der Waals surface area contributed by atoms with Crippen LogP contribution < -0.4 is 28.3 Å². The van der Waals surface area contributed by atoms with E-state index in [0.717, 1.165) is 207 Å². The fraction of sp³-hybridized carbons (Fsp3) is 0.333. The number of amides is 1. The largest absolute Gasteiger partial charge is 0.383 e. The number of benzene rings is 4. The van der Waals surface area contributed by atoms with Gasteiger partial charge in [-0.2, -0.15) is 35.2 Å². The average Bonchev–Trinajstić information content (AvgIpc) is 1.38. The summed E-state index contributed by atoms with van der Waals surface area (Å²) in [6.45, 7) is 10.9. The lowest BCUT2D eigenvalue weighted by atomic mass is 9.64. The van der Waals surface area contributed by atoms with Crippen LogP contribution in [0.5, 0.6) is 0 Å². The Kier molecular flexibility index (Phi) is 25.1. The zero-order valence-corrected chi connectivity index (χ0v) is 73.3. The van der Waals surface area contributed by atoms with Gasteiger partial charge in [0.2, 0.25) is 35.5 Å². The number of hydrogen-bond acceptors (Lipinski definition) is 34. The molecular weight excluding hydrogens is 1660 g/mol. The molecule has 131 heavy (non-hydrogen) atoms. The van der Waals surface area contributed by atoms with Gasteiger partial charge in [-0.3, -0.25) is 24.2 Å². The molecule has 5 aliphatic rings. The molecule has 1 unspecified atom stereocenters. The Morgan fingerprint density at radius 3 is 1.21 bits per heavy atom. The van der Waals surface area contributed by atoms with Crippen molar-refractivity contribution < 1.29 is 27.6 Å². The molecule has 13 heterocycles. The third-order valence-corrected chi connectivity index (χ3v) is 25.5. The normalized spacial score (nSPS) is 15.9. The number of piperazine rings is 1. The van der Waals surface area contributed by atoms with E-state index in [1.165, 1.54) is 28.6 Å². The first-order chi connectivity index (χ1) is 63.9. The van der Waals surface area contributed by atoms with Crippen LogP contribution in [0.1, 0.15) is 142 Å². The SMILES string of the molecule is CC(=O)N1CCN(CCn2cc(-c3nc(C4(c5ccc(-c6cnc(N)nc6)cc5)CCC4)no3)cn2)CC1.CC(CN(C)C)n1cc(-c2nc(C3(c4ccc(-c5cnc(N)nc5)cc4)CCC3)no2)cn1.COCCNc1cc(-c2nc(C3(c4ccc(-c5cnc(N)nc5)cc4)CCC3)no2)ccn1.Nc1ncc(-c2ccc(C3(c4noc(-c5ncn[nH]5)n4)CCC3)cc2)cn1. The summed E-state index contributed by atoms with van der Waals surface area (Å²) in [5.41, 5.74) is 36.5. The summed E-state index contributed by atoms with van der Waals surface area (Å²) in [5, 5.41) is 36.2. The summed E-state index contributed by atoms with van der Waals surface area (Å²) in [4.78, 5) is 77.9. The lowest BCUT2D eigenvalue weighted by Gasteiger charge is -2.39. The number of pyridine rings is 1. The molecule has 0 radical (unpaired) electrons. The molecule has 21 rings (SSSR count). The number of ether oxygens (including phenoxy) is 1. The number of anilines is 5. The van der Waals surface area contributed by atoms with Gasteiger partial charge in [-0.05, 0) is 129 Å². The van der Waals surface area contributed by atoms with Gasteiger partial charge in [-0.1, -0.05) is 143 Å². The first-order valence-corrected chi connectivity index (χ1v) is 43.7. The summed E-state index contributed by atoms with van der Waals surface area (Å²) in [7, 11) is 5.78. The smallest absolute Gasteiger partial charge is 0.295 e. The molecule has 1 saturated heterocycles. The molecule has 0 bridgehead atoms. The molecule has 4 saturated carbocycles. The number of H-pyrrole nitrogens is 1. The lowest BCUT2D eigenvalue weighted by molar-refractivity contribution is -0.130. The van der Waals surface area contributed by atoms with Gasteiger partial charge >= 0.3 is 0 Å². The molecule has 16 aromatic rings. The number of likely N-dealkylation sites (N-methyl/N-ethyl adjacent to an activating group) is 1. The minimum atomic E-state index is -0.240. The first-order valence-electron chi connectivity index (χ1n) is 43.7. The molecule has 1 aliphatic heterocycles. The fourth-order valence-corrected chi connectivity index (χ4v) is 17.4. The van der Waals surface area contributed by atoms with E-state index in [2.05, 4.69) is 229 Å². The van der Waals surface area contributed by atoms with E-state index in [1.54, 1.807) is 82.2 Å². The van der Waals surface area contributed by atoms with Crippen molar-refractivity contribution in [3.05, 3.63) is 242 Å². The molecule has 668 valence electrons. The highest BCUT2D eigenvalue weighted by Crippen LogP contribution is 2.53. The van der Waals surface area contributed by atoms with Crippen molar-refractivity contribution in [2.45, 2.75) is 125 Å². The van der Waals surface area contributed by atoms with Gasteiger partial charge in [0.15, 0.2) is 23.3 Å². The van der Waals surface area contributed by atoms with Crippen molar-refractivity contribution >= 4 is 35.5 Å². The van der Waals surface area contributed by atoms with Crippen LogP contribution in [0.3, 0.4) is 0 Å². The van der Waals surface area contributed by atoms with Crippen LogP contribution in [0.2, 0.25) is 0 Å². The van der Waals surface area contributed by atoms with E-state index in [0.29, 0.717) is 48.4 Å². The maximum atomic E-state index is 11.5. The number of carbonyl (C=O) groups excluding carboxylic acids is 1. The molecule has 4 aliphatic carbocycles. The van der Waals surface area contributed by atoms with E-state index in [1.807, 2.05) is 38.8 Å². The third kappa shape index (κ3) is 18.7. The monoisotopic (exact) mass is 1760 g/mol. The van der Waals surface area contributed by atoms with Crippen molar-refractivity contribution in [2.24, 2.45) is 0 Å². The number of nitrogen functional groups attached to an aromatic ring is 4. The number of nitrogens with zero attached hydrogens (tertiary/aromatic N) is 26. The van der Waals surface area contributed by atoms with Crippen molar-refractivity contribution in [2.75, 3.05) is 102 Å². The third-order valence-electron chi connectivity index (χ3n) is 25.5. The molecule has 5 fully saturated rings. The zero-order chi connectivity index (χ0) is 90.1. The van der Waals surface area contributed by atoms with Crippen LogP contribution in [0.4, 0.5) is 29.6 Å². The number of aromatic nitrogens is 24. The molecule has 0 spiro atoms. The van der Waals surface area contributed by atoms with Gasteiger partial charge in [0.1, 0.15) is 12.1 Å². The lowest BCUT2D eigenvalue weighted by Crippen LogP contribution is -2.48. The highest BCUT2D eigenvalue weighted by atomic mass is 16.5. The molecule has 4 aromatic carbocycles. The quantitative estimate of drug-likeness (QED) is 0.0274. The summed E-state index contributed by atoms with van der Waals surface area (Å²) >= 11 is 0. The standard InChI is InChI=1S/C27H31N9O2.C24H28N8O.C24H25N7O2.C18H16N8O/c1-19(37)35-12-9-34(10-13-35)11-14-36-18-22(17-31-36)24-32-25(33-38-24)27(7-2-8-27)23-5-3-20(4-6-23)21-15-29-26(28)30-16-21;1-16(14-31(2)3)32-15-19(13-28-32)21-29-22(30-33-21)24(9-4-10-24)20-7-5-17(6-8-20)18-11-26-23(25)27-12-18;1-32-12-11-27-20-13-17(7-10-26-20)21-30-22(31-33-21)24(8-2-9-24)19-5-3-16(4-6-19)18-14-28-23(25)29-15-18;19-17-20-8-12(9-21-17)11-2-4-13(5-3-11)18(6-1-7-18)16-24-15(27-26-16)14-22-10-23-25-14/h3-6,15-18H,2,7-14H2,1H3,(H2,28,29,30);5-8,11-13,15-16H,4,9-10,14H2,1-3H3,(H2,25,26,27);3-7,10,13-15H,2,8-9,11-12H2,1H3,(H,26,27)(H2,25,28,29);2-5,8-10H,1,6-7H2,(H2,19,20,21)(H,22,23,25). The molecule has 1 atom stereocenters. The summed E-state index contributed by atoms with van der Waals surface area (Å²) in [5.74, 6) is 7.14. The maximum Gasteiger partial charge on any atom is 0.295 e. The van der Waals surface area contributed by atoms with Crippen LogP contribution in [0.15, 0.2) is 214 Å². The Morgan fingerprint density at radius 2 is 0.840 bits per heavy atom. The van der Waals surface area contributed by atoms with Gasteiger partial charge in [0, 0.05) is 156 Å².